The van der Waals surface area contributed by atoms with Crippen LogP contribution in [0.4, 0.5) is 0 Å². The lowest BCUT2D eigenvalue weighted by atomic mass is 9.65. The maximum Gasteiger partial charge on any atom is 0.304 e. The molecule has 1 heterocycles. The van der Waals surface area contributed by atoms with Gasteiger partial charge in [0.1, 0.15) is 0 Å². The van der Waals surface area contributed by atoms with E-state index in [0.717, 1.165) is 30.4 Å². The van der Waals surface area contributed by atoms with Gasteiger partial charge in [-0.3, -0.25) is 9.59 Å². The third-order valence-corrected chi connectivity index (χ3v) is 10.6. The van der Waals surface area contributed by atoms with Gasteiger partial charge in [-0.15, -0.1) is 0 Å². The second-order valence-corrected chi connectivity index (χ2v) is 14.3. The van der Waals surface area contributed by atoms with Gasteiger partial charge in [0.25, 0.3) is 0 Å². The van der Waals surface area contributed by atoms with Gasteiger partial charge in [-0.2, -0.15) is 0 Å². The number of amides is 1. The molecule has 1 saturated heterocycles. The molecule has 212 valence electrons. The zero-order chi connectivity index (χ0) is 28.4. The van der Waals surface area contributed by atoms with Crippen molar-refractivity contribution in [2.75, 3.05) is 11.5 Å². The number of rotatable bonds is 12. The molecule has 0 aromatic heterocycles. The molecule has 4 rings (SSSR count). The number of hydrogen-bond acceptors (Lipinski definition) is 4. The molecular weight excluding hydrogens is 557 g/mol. The lowest BCUT2D eigenvalue weighted by Crippen LogP contribution is -2.59. The molecule has 6 nitrogen and oxygen atoms in total. The van der Waals surface area contributed by atoms with Crippen molar-refractivity contribution in [2.24, 2.45) is 11.3 Å². The van der Waals surface area contributed by atoms with E-state index in [1.165, 1.54) is 0 Å². The molecule has 0 spiro atoms. The maximum atomic E-state index is 14.6. The van der Waals surface area contributed by atoms with Crippen molar-refractivity contribution in [3.63, 3.8) is 0 Å². The van der Waals surface area contributed by atoms with Crippen molar-refractivity contribution in [3.8, 4) is 0 Å². The summed E-state index contributed by atoms with van der Waals surface area (Å²) in [5, 5.41) is 11.0. The normalized spacial score (nSPS) is 24.5. The molecular formula is C30H37Cl2NO5S. The number of sulfone groups is 1. The van der Waals surface area contributed by atoms with E-state index in [2.05, 4.69) is 0 Å². The number of aliphatic carboxylic acids is 1. The number of hydrogen-bond donors (Lipinski definition) is 1. The quantitative estimate of drug-likeness (QED) is 0.288. The van der Waals surface area contributed by atoms with E-state index in [0.29, 0.717) is 29.3 Å². The molecule has 0 bridgehead atoms. The Morgan fingerprint density at radius 3 is 2.33 bits per heavy atom. The van der Waals surface area contributed by atoms with Crippen LogP contribution in [-0.4, -0.2) is 47.8 Å². The van der Waals surface area contributed by atoms with Gasteiger partial charge in [-0.05, 0) is 73.4 Å². The van der Waals surface area contributed by atoms with Crippen molar-refractivity contribution in [1.29, 1.82) is 0 Å². The number of benzene rings is 2. The summed E-state index contributed by atoms with van der Waals surface area (Å²) in [7, 11) is -3.44. The SMILES string of the molecule is CCCCS(=O)(=O)CC(C1CC1)N1C(=O)[C@@](CC)(CC(=O)O)C[C@H](c2cccc(Cl)c2)[C@H]1c1ccc(Cl)cc1. The molecule has 9 heteroatoms. The highest BCUT2D eigenvalue weighted by Crippen LogP contribution is 2.55. The predicted octanol–water partition coefficient (Wildman–Crippen LogP) is 6.92. The number of piperidine rings is 1. The lowest BCUT2D eigenvalue weighted by Gasteiger charge is -2.53. The Hall–Kier alpha value is -2.09. The summed E-state index contributed by atoms with van der Waals surface area (Å²) in [6.45, 7) is 3.80. The van der Waals surface area contributed by atoms with E-state index >= 15 is 0 Å². The lowest BCUT2D eigenvalue weighted by molar-refractivity contribution is -0.162. The Balaban J connectivity index is 1.92. The highest BCUT2D eigenvalue weighted by molar-refractivity contribution is 7.91. The molecule has 2 aromatic rings. The van der Waals surface area contributed by atoms with Crippen LogP contribution in [0.15, 0.2) is 48.5 Å². The van der Waals surface area contributed by atoms with Crippen LogP contribution in [0.5, 0.6) is 0 Å². The number of carbonyl (C=O) groups is 2. The van der Waals surface area contributed by atoms with Crippen LogP contribution >= 0.6 is 23.2 Å². The smallest absolute Gasteiger partial charge is 0.304 e. The predicted molar refractivity (Wildman–Crippen MR) is 155 cm³/mol. The fourth-order valence-electron chi connectivity index (χ4n) is 6.15. The molecule has 1 N–H and O–H groups in total. The summed E-state index contributed by atoms with van der Waals surface area (Å²) < 4.78 is 26.6. The summed E-state index contributed by atoms with van der Waals surface area (Å²) >= 11 is 12.7. The van der Waals surface area contributed by atoms with Crippen molar-refractivity contribution in [2.45, 2.75) is 76.8 Å². The van der Waals surface area contributed by atoms with Crippen molar-refractivity contribution < 1.29 is 23.1 Å². The summed E-state index contributed by atoms with van der Waals surface area (Å²) in [4.78, 5) is 28.5. The summed E-state index contributed by atoms with van der Waals surface area (Å²) in [6.07, 6.45) is 3.34. The number of likely N-dealkylation sites (tertiary alicyclic amines) is 1. The van der Waals surface area contributed by atoms with Crippen molar-refractivity contribution >= 4 is 44.9 Å². The van der Waals surface area contributed by atoms with Crippen molar-refractivity contribution in [1.82, 2.24) is 4.90 Å². The molecule has 0 radical (unpaired) electrons. The molecule has 1 unspecified atom stereocenters. The van der Waals surface area contributed by atoms with Gasteiger partial charge in [-0.25, -0.2) is 8.42 Å². The Labute approximate surface area is 241 Å². The standard InChI is InChI=1S/C30H37Cl2NO5S/c1-3-5-15-39(37,38)19-26(20-9-10-20)33-28(21-11-13-23(31)14-12-21)25(22-7-6-8-24(32)16-22)17-30(4-2,29(33)36)18-27(34)35/h6-8,11-14,16,20,25-26,28H,3-5,9-10,15,17-19H2,1-2H3,(H,34,35)/t25-,26?,28-,30-/m1/s1. The Morgan fingerprint density at radius 2 is 1.77 bits per heavy atom. The fraction of sp³-hybridized carbons (Fsp3) is 0.533. The van der Waals surface area contributed by atoms with Gasteiger partial charge < -0.3 is 10.0 Å². The number of halogens is 2. The number of carbonyl (C=O) groups excluding carboxylic acids is 1. The summed E-state index contributed by atoms with van der Waals surface area (Å²) in [5.41, 5.74) is 0.572. The van der Waals surface area contributed by atoms with E-state index in [-0.39, 0.29) is 35.7 Å². The maximum absolute atomic E-state index is 14.6. The molecule has 2 aromatic carbocycles. The van der Waals surface area contributed by atoms with E-state index < -0.39 is 33.3 Å². The highest BCUT2D eigenvalue weighted by Gasteiger charge is 2.56. The molecule has 2 aliphatic rings. The molecule has 1 aliphatic carbocycles. The average Bonchev–Trinajstić information content (AvgIpc) is 3.73. The Bertz CT molecular complexity index is 1290. The first kappa shape index (κ1) is 29.9. The third kappa shape index (κ3) is 6.80. The van der Waals surface area contributed by atoms with Crippen LogP contribution in [0, 0.1) is 11.3 Å². The van der Waals surface area contributed by atoms with E-state index in [1.807, 2.05) is 44.2 Å². The minimum atomic E-state index is -3.44. The van der Waals surface area contributed by atoms with Gasteiger partial charge in [0, 0.05) is 22.0 Å². The van der Waals surface area contributed by atoms with Gasteiger partial charge in [-0.1, -0.05) is 67.7 Å². The van der Waals surface area contributed by atoms with Gasteiger partial charge in [0.15, 0.2) is 9.84 Å². The number of carboxylic acids is 1. The van der Waals surface area contributed by atoms with E-state index in [4.69, 9.17) is 23.2 Å². The monoisotopic (exact) mass is 593 g/mol. The van der Waals surface area contributed by atoms with E-state index in [1.54, 1.807) is 23.1 Å². The largest absolute Gasteiger partial charge is 0.481 e. The van der Waals surface area contributed by atoms with Crippen LogP contribution in [-0.2, 0) is 19.4 Å². The molecule has 1 aliphatic heterocycles. The second kappa shape index (κ2) is 12.2. The molecule has 2 fully saturated rings. The number of unbranched alkanes of at least 4 members (excludes halogenated alkanes) is 1. The van der Waals surface area contributed by atoms with Crippen LogP contribution < -0.4 is 0 Å². The van der Waals surface area contributed by atoms with Gasteiger partial charge >= 0.3 is 5.97 Å². The van der Waals surface area contributed by atoms with E-state index in [9.17, 15) is 23.1 Å². The second-order valence-electron chi connectivity index (χ2n) is 11.2. The summed E-state index contributed by atoms with van der Waals surface area (Å²) in [5.74, 6) is -1.60. The van der Waals surface area contributed by atoms with Gasteiger partial charge in [0.05, 0.1) is 29.4 Å². The minimum Gasteiger partial charge on any atom is -0.481 e. The molecule has 39 heavy (non-hydrogen) atoms. The molecule has 1 saturated carbocycles. The van der Waals surface area contributed by atoms with Crippen LogP contribution in [0.25, 0.3) is 0 Å². The van der Waals surface area contributed by atoms with Crippen molar-refractivity contribution in [3.05, 3.63) is 69.7 Å². The molecule has 1 amide bonds. The fourth-order valence-corrected chi connectivity index (χ4v) is 8.32. The summed E-state index contributed by atoms with van der Waals surface area (Å²) in [6, 6.07) is 13.8. The Kier molecular flexibility index (Phi) is 9.34. The first-order valence-corrected chi connectivity index (χ1v) is 16.3. The first-order chi connectivity index (χ1) is 18.5. The number of carboxylic acid groups (broad SMARTS) is 1. The average molecular weight is 595 g/mol. The first-order valence-electron chi connectivity index (χ1n) is 13.8. The zero-order valence-electron chi connectivity index (χ0n) is 22.5. The minimum absolute atomic E-state index is 0.0534. The van der Waals surface area contributed by atoms with Crippen LogP contribution in [0.1, 0.15) is 81.9 Å². The van der Waals surface area contributed by atoms with Crippen LogP contribution in [0.2, 0.25) is 10.0 Å². The van der Waals surface area contributed by atoms with Crippen LogP contribution in [0.3, 0.4) is 0 Å². The third-order valence-electron chi connectivity index (χ3n) is 8.39. The zero-order valence-corrected chi connectivity index (χ0v) is 24.8. The number of nitrogens with zero attached hydrogens (tertiary/aromatic N) is 1. The topological polar surface area (TPSA) is 91.8 Å². The Morgan fingerprint density at radius 1 is 1.08 bits per heavy atom. The highest BCUT2D eigenvalue weighted by atomic mass is 35.5. The van der Waals surface area contributed by atoms with Gasteiger partial charge in [0.2, 0.25) is 5.91 Å². The molecule has 4 atom stereocenters.